The van der Waals surface area contributed by atoms with Crippen molar-refractivity contribution in [1.82, 2.24) is 20.9 Å². The van der Waals surface area contributed by atoms with E-state index in [9.17, 15) is 33.6 Å². The minimum absolute atomic E-state index is 0.0710. The fraction of sp³-hybridized carbons (Fsp3) is 0.594. The van der Waals surface area contributed by atoms with Gasteiger partial charge >= 0.3 is 12.0 Å². The molecule has 0 radical (unpaired) electrons. The third-order valence-electron chi connectivity index (χ3n) is 7.43. The number of hydrogen-bond acceptors (Lipinski definition) is 8. The number of esters is 1. The molecule has 254 valence electrons. The number of amides is 7. The van der Waals surface area contributed by atoms with Crippen molar-refractivity contribution in [3.8, 4) is 0 Å². The summed E-state index contributed by atoms with van der Waals surface area (Å²) >= 11 is 0. The van der Waals surface area contributed by atoms with E-state index in [-0.39, 0.29) is 62.2 Å². The summed E-state index contributed by atoms with van der Waals surface area (Å²) in [7, 11) is 0. The van der Waals surface area contributed by atoms with Gasteiger partial charge in [-0.25, -0.2) is 4.79 Å². The SMILES string of the molecule is C[C@H](NC(=O)CCN1C(=O)CC(C(C)(C)C)C1=O)C(=O)N[C@@H](CCCNC(N)=O)C(=O)Nc1ccc(COC(=O)C(C)(C)C)cc1. The molecule has 3 atom stereocenters. The normalized spacial score (nSPS) is 16.3. The Morgan fingerprint density at radius 1 is 0.978 bits per heavy atom. The van der Waals surface area contributed by atoms with Gasteiger partial charge in [-0.3, -0.25) is 33.7 Å². The molecule has 14 heteroatoms. The first-order valence-corrected chi connectivity index (χ1v) is 15.3. The van der Waals surface area contributed by atoms with E-state index in [1.54, 1.807) is 45.0 Å². The second-order valence-corrected chi connectivity index (χ2v) is 13.6. The third-order valence-corrected chi connectivity index (χ3v) is 7.43. The van der Waals surface area contributed by atoms with Gasteiger partial charge in [-0.1, -0.05) is 32.9 Å². The van der Waals surface area contributed by atoms with Gasteiger partial charge in [0.15, 0.2) is 0 Å². The molecule has 0 aromatic heterocycles. The van der Waals surface area contributed by atoms with Gasteiger partial charge in [-0.2, -0.15) is 0 Å². The van der Waals surface area contributed by atoms with Gasteiger partial charge in [0.2, 0.25) is 29.5 Å². The van der Waals surface area contributed by atoms with Crippen LogP contribution in [0.25, 0.3) is 0 Å². The molecule has 7 amide bonds. The fourth-order valence-electron chi connectivity index (χ4n) is 4.55. The molecule has 0 spiro atoms. The monoisotopic (exact) mass is 644 g/mol. The number of ether oxygens (including phenoxy) is 1. The van der Waals surface area contributed by atoms with Crippen LogP contribution < -0.4 is 27.0 Å². The highest BCUT2D eigenvalue weighted by atomic mass is 16.5. The zero-order valence-electron chi connectivity index (χ0n) is 27.8. The predicted octanol–water partition coefficient (Wildman–Crippen LogP) is 1.96. The Bertz CT molecular complexity index is 1300. The molecule has 0 aliphatic carbocycles. The van der Waals surface area contributed by atoms with Crippen LogP contribution in [0.5, 0.6) is 0 Å². The van der Waals surface area contributed by atoms with Crippen molar-refractivity contribution in [3.05, 3.63) is 29.8 Å². The maximum Gasteiger partial charge on any atom is 0.312 e. The Labute approximate surface area is 269 Å². The van der Waals surface area contributed by atoms with E-state index < -0.39 is 47.2 Å². The van der Waals surface area contributed by atoms with E-state index >= 15 is 0 Å². The molecule has 1 saturated heterocycles. The van der Waals surface area contributed by atoms with Gasteiger partial charge in [-0.05, 0) is 63.6 Å². The molecule has 1 unspecified atom stereocenters. The topological polar surface area (TPSA) is 206 Å². The van der Waals surface area contributed by atoms with E-state index in [0.717, 1.165) is 10.5 Å². The zero-order chi connectivity index (χ0) is 34.8. The molecule has 46 heavy (non-hydrogen) atoms. The van der Waals surface area contributed by atoms with E-state index in [4.69, 9.17) is 10.5 Å². The van der Waals surface area contributed by atoms with Crippen LogP contribution in [0.4, 0.5) is 10.5 Å². The number of anilines is 1. The maximum absolute atomic E-state index is 13.2. The second-order valence-electron chi connectivity index (χ2n) is 13.6. The number of likely N-dealkylation sites (tertiary alicyclic amines) is 1. The van der Waals surface area contributed by atoms with Crippen molar-refractivity contribution in [2.45, 2.75) is 92.8 Å². The summed E-state index contributed by atoms with van der Waals surface area (Å²) in [5, 5.41) is 10.3. The number of nitrogens with two attached hydrogens (primary N) is 1. The number of benzene rings is 1. The van der Waals surface area contributed by atoms with E-state index in [1.165, 1.54) is 6.92 Å². The Morgan fingerprint density at radius 2 is 1.61 bits per heavy atom. The summed E-state index contributed by atoms with van der Waals surface area (Å²) in [6.45, 7) is 12.5. The minimum Gasteiger partial charge on any atom is -0.460 e. The van der Waals surface area contributed by atoms with Crippen LogP contribution in [0.3, 0.4) is 0 Å². The van der Waals surface area contributed by atoms with Gasteiger partial charge in [-0.15, -0.1) is 0 Å². The lowest BCUT2D eigenvalue weighted by Crippen LogP contribution is -2.52. The lowest BCUT2D eigenvalue weighted by atomic mass is 9.80. The molecule has 0 bridgehead atoms. The van der Waals surface area contributed by atoms with Gasteiger partial charge in [0.25, 0.3) is 0 Å². The van der Waals surface area contributed by atoms with Crippen LogP contribution in [0, 0.1) is 16.7 Å². The second kappa shape index (κ2) is 16.2. The van der Waals surface area contributed by atoms with Crippen LogP contribution in [0.1, 0.15) is 79.7 Å². The summed E-state index contributed by atoms with van der Waals surface area (Å²) < 4.78 is 5.31. The lowest BCUT2D eigenvalue weighted by Gasteiger charge is -2.25. The van der Waals surface area contributed by atoms with Gasteiger partial charge in [0, 0.05) is 31.6 Å². The van der Waals surface area contributed by atoms with E-state index in [2.05, 4.69) is 21.3 Å². The molecule has 1 heterocycles. The lowest BCUT2D eigenvalue weighted by molar-refractivity contribution is -0.154. The summed E-state index contributed by atoms with van der Waals surface area (Å²) in [5.41, 5.74) is 5.24. The first kappa shape index (κ1) is 37.7. The number of hydrogen-bond donors (Lipinski definition) is 5. The van der Waals surface area contributed by atoms with Crippen molar-refractivity contribution in [1.29, 1.82) is 0 Å². The number of nitrogens with zero attached hydrogens (tertiary/aromatic N) is 1. The highest BCUT2D eigenvalue weighted by molar-refractivity contribution is 6.04. The maximum atomic E-state index is 13.2. The summed E-state index contributed by atoms with van der Waals surface area (Å²) in [6, 6.07) is 3.88. The van der Waals surface area contributed by atoms with Crippen molar-refractivity contribution in [3.63, 3.8) is 0 Å². The van der Waals surface area contributed by atoms with Gasteiger partial charge in [0.1, 0.15) is 18.7 Å². The average Bonchev–Trinajstić information content (AvgIpc) is 3.25. The zero-order valence-corrected chi connectivity index (χ0v) is 27.8. The molecule has 0 saturated carbocycles. The molecule has 1 fully saturated rings. The highest BCUT2D eigenvalue weighted by Gasteiger charge is 2.44. The van der Waals surface area contributed by atoms with Crippen molar-refractivity contribution in [2.75, 3.05) is 18.4 Å². The Hall–Kier alpha value is -4.49. The van der Waals surface area contributed by atoms with Crippen LogP contribution in [0.2, 0.25) is 0 Å². The Kier molecular flexibility index (Phi) is 13.3. The van der Waals surface area contributed by atoms with Crippen molar-refractivity contribution in [2.24, 2.45) is 22.5 Å². The molecule has 1 aromatic rings. The number of imide groups is 1. The largest absolute Gasteiger partial charge is 0.460 e. The summed E-state index contributed by atoms with van der Waals surface area (Å²) in [5.74, 6) is -3.14. The standard InChI is InChI=1S/C32H48N6O8/c1-19(35-24(39)14-16-38-25(40)17-22(28(38)43)31(2,3)4)26(41)37-23(9-8-15-34-30(33)45)27(42)36-21-12-10-20(11-13-21)18-46-29(44)32(5,6)7/h10-13,19,22-23H,8-9,14-18H2,1-7H3,(H,35,39)(H,36,42)(H,37,41)(H3,33,34,45)/t19-,22?,23-/m0/s1. The Balaban J connectivity index is 1.97. The molecular weight excluding hydrogens is 596 g/mol. The van der Waals surface area contributed by atoms with Gasteiger partial charge in [0.05, 0.1) is 11.3 Å². The number of nitrogens with one attached hydrogen (secondary N) is 4. The van der Waals surface area contributed by atoms with Gasteiger partial charge < -0.3 is 31.7 Å². The summed E-state index contributed by atoms with van der Waals surface area (Å²) in [6.07, 6.45) is 0.374. The Morgan fingerprint density at radius 3 is 2.15 bits per heavy atom. The first-order valence-electron chi connectivity index (χ1n) is 15.3. The smallest absolute Gasteiger partial charge is 0.312 e. The van der Waals surface area contributed by atoms with Crippen LogP contribution in [-0.4, -0.2) is 71.6 Å². The highest BCUT2D eigenvalue weighted by Crippen LogP contribution is 2.35. The van der Waals surface area contributed by atoms with Crippen LogP contribution in [-0.2, 0) is 40.1 Å². The molecule has 1 aliphatic heterocycles. The van der Waals surface area contributed by atoms with E-state index in [0.29, 0.717) is 12.1 Å². The first-order chi connectivity index (χ1) is 21.3. The number of carbonyl (C=O) groups is 7. The third kappa shape index (κ3) is 11.8. The number of primary amides is 1. The van der Waals surface area contributed by atoms with Crippen molar-refractivity contribution < 1.29 is 38.3 Å². The van der Waals surface area contributed by atoms with Crippen LogP contribution in [0.15, 0.2) is 24.3 Å². The van der Waals surface area contributed by atoms with E-state index in [1.807, 2.05) is 20.8 Å². The predicted molar refractivity (Wildman–Crippen MR) is 170 cm³/mol. The number of rotatable bonds is 14. The van der Waals surface area contributed by atoms with Crippen LogP contribution >= 0.6 is 0 Å². The minimum atomic E-state index is -1.03. The fourth-order valence-corrected chi connectivity index (χ4v) is 4.55. The quantitative estimate of drug-likeness (QED) is 0.115. The average molecular weight is 645 g/mol. The molecule has 6 N–H and O–H groups in total. The molecule has 1 aromatic carbocycles. The molecule has 14 nitrogen and oxygen atoms in total. The van der Waals surface area contributed by atoms with Crippen molar-refractivity contribution >= 4 is 47.2 Å². The number of urea groups is 1. The molecule has 1 aliphatic rings. The number of carbonyl (C=O) groups excluding carboxylic acids is 7. The molecule has 2 rings (SSSR count). The summed E-state index contributed by atoms with van der Waals surface area (Å²) in [4.78, 5) is 88.0. The molecular formula is C32H48N6O8.